The molecule has 4 heteroatoms. The Kier molecular flexibility index (Phi) is 5.05. The lowest BCUT2D eigenvalue weighted by molar-refractivity contribution is 0.0327. The number of aliphatic hydroxyl groups excluding tert-OH is 3. The van der Waals surface area contributed by atoms with Crippen LogP contribution < -0.4 is 0 Å². The van der Waals surface area contributed by atoms with E-state index in [4.69, 9.17) is 16.7 Å². The highest BCUT2D eigenvalue weighted by Gasteiger charge is 2.17. The van der Waals surface area contributed by atoms with Gasteiger partial charge in [-0.25, -0.2) is 0 Å². The average molecular weight is 231 g/mol. The van der Waals surface area contributed by atoms with Crippen molar-refractivity contribution in [3.63, 3.8) is 0 Å². The molecule has 0 aliphatic rings. The van der Waals surface area contributed by atoms with Crippen LogP contribution in [0.4, 0.5) is 0 Å². The van der Waals surface area contributed by atoms with Crippen molar-refractivity contribution in [3.8, 4) is 0 Å². The van der Waals surface area contributed by atoms with E-state index < -0.39 is 12.2 Å². The molecule has 0 bridgehead atoms. The second kappa shape index (κ2) is 6.08. The van der Waals surface area contributed by atoms with Gasteiger partial charge < -0.3 is 15.3 Å². The highest BCUT2D eigenvalue weighted by atomic mass is 35.5. The first-order chi connectivity index (χ1) is 7.19. The maximum atomic E-state index is 9.68. The summed E-state index contributed by atoms with van der Waals surface area (Å²) in [5.74, 6) is -0.00854. The van der Waals surface area contributed by atoms with Crippen molar-refractivity contribution in [2.75, 3.05) is 12.5 Å². The van der Waals surface area contributed by atoms with Crippen molar-refractivity contribution in [1.82, 2.24) is 0 Å². The van der Waals surface area contributed by atoms with Crippen molar-refractivity contribution in [2.45, 2.75) is 18.6 Å². The van der Waals surface area contributed by atoms with E-state index in [9.17, 15) is 10.2 Å². The molecule has 0 spiro atoms. The lowest BCUT2D eigenvalue weighted by atomic mass is 10.0. The second-order valence-electron chi connectivity index (χ2n) is 3.39. The van der Waals surface area contributed by atoms with Crippen LogP contribution in [0.5, 0.6) is 0 Å². The lowest BCUT2D eigenvalue weighted by Crippen LogP contribution is -2.19. The first-order valence-electron chi connectivity index (χ1n) is 4.81. The Morgan fingerprint density at radius 3 is 2.60 bits per heavy atom. The zero-order chi connectivity index (χ0) is 11.3. The molecule has 1 aromatic carbocycles. The molecule has 84 valence electrons. The van der Waals surface area contributed by atoms with Crippen molar-refractivity contribution in [3.05, 3.63) is 35.4 Å². The topological polar surface area (TPSA) is 60.7 Å². The minimum Gasteiger partial charge on any atom is -0.396 e. The number of rotatable bonds is 5. The number of halogens is 1. The lowest BCUT2D eigenvalue weighted by Gasteiger charge is -2.16. The molecular weight excluding hydrogens is 216 g/mol. The summed E-state index contributed by atoms with van der Waals surface area (Å²) < 4.78 is 0. The Bertz CT molecular complexity index is 304. The normalized spacial score (nSPS) is 14.9. The number of aliphatic hydroxyl groups is 3. The summed E-state index contributed by atoms with van der Waals surface area (Å²) in [6.45, 7) is 0.0671. The largest absolute Gasteiger partial charge is 0.396 e. The Balaban J connectivity index is 2.80. The molecule has 0 aliphatic carbocycles. The molecule has 2 unspecified atom stereocenters. The molecule has 0 aliphatic heterocycles. The number of hydrogen-bond donors (Lipinski definition) is 3. The van der Waals surface area contributed by atoms with E-state index >= 15 is 0 Å². The van der Waals surface area contributed by atoms with Crippen LogP contribution in [0.25, 0.3) is 0 Å². The van der Waals surface area contributed by atoms with Crippen LogP contribution in [0.2, 0.25) is 0 Å². The van der Waals surface area contributed by atoms with Gasteiger partial charge in [0.15, 0.2) is 0 Å². The standard InChI is InChI=1S/C11H15ClO3/c12-7-10(14)11(15)9-3-1-2-8(6-9)4-5-13/h1-3,6,10-11,13-15H,4-5,7H2. The van der Waals surface area contributed by atoms with Gasteiger partial charge in [0, 0.05) is 6.61 Å². The van der Waals surface area contributed by atoms with Gasteiger partial charge in [0.2, 0.25) is 0 Å². The van der Waals surface area contributed by atoms with E-state index in [1.165, 1.54) is 0 Å². The van der Waals surface area contributed by atoms with Gasteiger partial charge in [-0.05, 0) is 17.5 Å². The molecule has 0 fully saturated rings. The summed E-state index contributed by atoms with van der Waals surface area (Å²) >= 11 is 5.45. The Hall–Kier alpha value is -0.610. The summed E-state index contributed by atoms with van der Waals surface area (Å²) in [5, 5.41) is 27.8. The average Bonchev–Trinajstić information content (AvgIpc) is 2.28. The van der Waals surface area contributed by atoms with Gasteiger partial charge in [0.1, 0.15) is 6.10 Å². The fourth-order valence-corrected chi connectivity index (χ4v) is 1.54. The molecule has 0 amide bonds. The predicted molar refractivity (Wildman–Crippen MR) is 58.9 cm³/mol. The van der Waals surface area contributed by atoms with Gasteiger partial charge in [0.05, 0.1) is 12.0 Å². The summed E-state index contributed by atoms with van der Waals surface area (Å²) in [4.78, 5) is 0. The molecular formula is C11H15ClO3. The van der Waals surface area contributed by atoms with E-state index in [1.807, 2.05) is 6.07 Å². The van der Waals surface area contributed by atoms with Gasteiger partial charge >= 0.3 is 0 Å². The molecule has 0 saturated carbocycles. The second-order valence-corrected chi connectivity index (χ2v) is 3.69. The maximum Gasteiger partial charge on any atom is 0.106 e. The molecule has 2 atom stereocenters. The van der Waals surface area contributed by atoms with Gasteiger partial charge in [-0.3, -0.25) is 0 Å². The van der Waals surface area contributed by atoms with Crippen LogP contribution in [0, 0.1) is 0 Å². The van der Waals surface area contributed by atoms with Crippen LogP contribution in [0.3, 0.4) is 0 Å². The smallest absolute Gasteiger partial charge is 0.106 e. The minimum atomic E-state index is -0.971. The van der Waals surface area contributed by atoms with Gasteiger partial charge in [-0.2, -0.15) is 0 Å². The van der Waals surface area contributed by atoms with Crippen LogP contribution in [0.1, 0.15) is 17.2 Å². The fraction of sp³-hybridized carbons (Fsp3) is 0.455. The Morgan fingerprint density at radius 2 is 2.00 bits per heavy atom. The quantitative estimate of drug-likeness (QED) is 0.658. The van der Waals surface area contributed by atoms with E-state index in [1.54, 1.807) is 18.2 Å². The predicted octanol–water partition coefficient (Wildman–Crippen LogP) is 0.855. The van der Waals surface area contributed by atoms with Crippen molar-refractivity contribution < 1.29 is 15.3 Å². The van der Waals surface area contributed by atoms with Crippen LogP contribution >= 0.6 is 11.6 Å². The molecule has 3 N–H and O–H groups in total. The number of benzene rings is 1. The van der Waals surface area contributed by atoms with Crippen LogP contribution in [-0.4, -0.2) is 33.9 Å². The van der Waals surface area contributed by atoms with Gasteiger partial charge in [-0.1, -0.05) is 24.3 Å². The third-order valence-electron chi connectivity index (χ3n) is 2.22. The molecule has 0 heterocycles. The molecule has 1 aromatic rings. The summed E-state index contributed by atoms with van der Waals surface area (Å²) in [6.07, 6.45) is -1.39. The number of hydrogen-bond acceptors (Lipinski definition) is 3. The van der Waals surface area contributed by atoms with Crippen molar-refractivity contribution in [2.24, 2.45) is 0 Å². The zero-order valence-corrected chi connectivity index (χ0v) is 9.06. The molecule has 0 saturated heterocycles. The summed E-state index contributed by atoms with van der Waals surface area (Å²) in [7, 11) is 0. The third kappa shape index (κ3) is 3.47. The molecule has 0 radical (unpaired) electrons. The zero-order valence-electron chi connectivity index (χ0n) is 8.31. The summed E-state index contributed by atoms with van der Waals surface area (Å²) in [5.41, 5.74) is 1.55. The first-order valence-corrected chi connectivity index (χ1v) is 5.34. The van der Waals surface area contributed by atoms with Gasteiger partial charge in [-0.15, -0.1) is 11.6 Å². The molecule has 15 heavy (non-hydrogen) atoms. The highest BCUT2D eigenvalue weighted by molar-refractivity contribution is 6.18. The molecule has 0 aromatic heterocycles. The van der Waals surface area contributed by atoms with Crippen molar-refractivity contribution >= 4 is 11.6 Å². The van der Waals surface area contributed by atoms with Crippen LogP contribution in [0.15, 0.2) is 24.3 Å². The van der Waals surface area contributed by atoms with E-state index in [-0.39, 0.29) is 12.5 Å². The first kappa shape index (κ1) is 12.5. The fourth-order valence-electron chi connectivity index (χ4n) is 1.37. The Labute approximate surface area is 93.9 Å². The van der Waals surface area contributed by atoms with E-state index in [0.717, 1.165) is 5.56 Å². The highest BCUT2D eigenvalue weighted by Crippen LogP contribution is 2.19. The minimum absolute atomic E-state index is 0.00854. The number of alkyl halides is 1. The summed E-state index contributed by atoms with van der Waals surface area (Å²) in [6, 6.07) is 7.13. The SMILES string of the molecule is OCCc1cccc(C(O)C(O)CCl)c1. The van der Waals surface area contributed by atoms with E-state index in [2.05, 4.69) is 0 Å². The van der Waals surface area contributed by atoms with Gasteiger partial charge in [0.25, 0.3) is 0 Å². The van der Waals surface area contributed by atoms with Crippen LogP contribution in [-0.2, 0) is 6.42 Å². The molecule has 3 nitrogen and oxygen atoms in total. The Morgan fingerprint density at radius 1 is 1.27 bits per heavy atom. The van der Waals surface area contributed by atoms with Crippen molar-refractivity contribution in [1.29, 1.82) is 0 Å². The third-order valence-corrected chi connectivity index (χ3v) is 2.53. The maximum absolute atomic E-state index is 9.68. The monoisotopic (exact) mass is 230 g/mol. The van der Waals surface area contributed by atoms with E-state index in [0.29, 0.717) is 12.0 Å². The molecule has 1 rings (SSSR count).